The molecule has 2 fully saturated rings. The Labute approximate surface area is 124 Å². The van der Waals surface area contributed by atoms with Crippen molar-refractivity contribution in [1.29, 1.82) is 0 Å². The van der Waals surface area contributed by atoms with E-state index < -0.39 is 15.7 Å². The van der Waals surface area contributed by atoms with Crippen LogP contribution in [0.4, 0.5) is 0 Å². The van der Waals surface area contributed by atoms with E-state index in [4.69, 9.17) is 15.7 Å². The summed E-state index contributed by atoms with van der Waals surface area (Å²) in [5.41, 5.74) is 4.75. The van der Waals surface area contributed by atoms with Crippen molar-refractivity contribution in [2.75, 3.05) is 46.4 Å². The molecule has 0 aromatic carbocycles. The molecule has 0 aliphatic carbocycles. The van der Waals surface area contributed by atoms with Crippen molar-refractivity contribution in [2.45, 2.75) is 18.4 Å². The van der Waals surface area contributed by atoms with Crippen molar-refractivity contribution in [1.82, 2.24) is 13.9 Å². The number of nitrogens with two attached hydrogens (primary N) is 1. The van der Waals surface area contributed by atoms with Gasteiger partial charge in [-0.3, -0.25) is 0 Å². The van der Waals surface area contributed by atoms with E-state index in [1.807, 2.05) is 7.05 Å². The molecule has 0 saturated carbocycles. The molecule has 0 atom stereocenters. The number of rotatable bonds is 4. The molecule has 2 aliphatic rings. The Morgan fingerprint density at radius 2 is 1.86 bits per heavy atom. The van der Waals surface area contributed by atoms with Crippen molar-refractivity contribution in [3.05, 3.63) is 0 Å². The number of oxime groups is 1. The second-order valence-corrected chi connectivity index (χ2v) is 7.16. The number of likely N-dealkylation sites (tertiary alicyclic amines) is 1. The first-order valence-corrected chi connectivity index (χ1v) is 8.37. The van der Waals surface area contributed by atoms with Gasteiger partial charge in [-0.15, -0.1) is 0 Å². The summed E-state index contributed by atoms with van der Waals surface area (Å²) in [7, 11) is -1.75. The fourth-order valence-electron chi connectivity index (χ4n) is 2.60. The Bertz CT molecular complexity index is 481. The maximum atomic E-state index is 12.5. The highest BCUT2D eigenvalue weighted by Gasteiger charge is 2.43. The lowest BCUT2D eigenvalue weighted by atomic mass is 9.88. The zero-order valence-electron chi connectivity index (χ0n) is 12.2. The van der Waals surface area contributed by atoms with E-state index in [0.29, 0.717) is 52.2 Å². The zero-order chi connectivity index (χ0) is 15.5. The molecule has 2 rings (SSSR count). The summed E-state index contributed by atoms with van der Waals surface area (Å²) in [5, 5.41) is 12.1. The lowest BCUT2D eigenvalue weighted by Gasteiger charge is -2.41. The molecular formula is C11H23N5O4S. The molecule has 21 heavy (non-hydrogen) atoms. The predicted octanol–water partition coefficient (Wildman–Crippen LogP) is -1.64. The van der Waals surface area contributed by atoms with Crippen molar-refractivity contribution in [2.24, 2.45) is 10.9 Å². The van der Waals surface area contributed by atoms with E-state index in [0.717, 1.165) is 0 Å². The van der Waals surface area contributed by atoms with E-state index in [1.165, 1.54) is 4.31 Å². The summed E-state index contributed by atoms with van der Waals surface area (Å²) < 4.78 is 34.2. The summed E-state index contributed by atoms with van der Waals surface area (Å²) in [6.45, 7) is 2.70. The van der Waals surface area contributed by atoms with Gasteiger partial charge in [0.05, 0.1) is 18.8 Å². The van der Waals surface area contributed by atoms with Crippen LogP contribution in [0.5, 0.6) is 0 Å². The van der Waals surface area contributed by atoms with Crippen molar-refractivity contribution >= 4 is 16.0 Å². The number of ether oxygens (including phenoxy) is 1. The average Bonchev–Trinajstić information content (AvgIpc) is 2.49. The highest BCUT2D eigenvalue weighted by molar-refractivity contribution is 7.87. The van der Waals surface area contributed by atoms with Gasteiger partial charge in [0.2, 0.25) is 0 Å². The lowest BCUT2D eigenvalue weighted by molar-refractivity contribution is 0.0718. The third kappa shape index (κ3) is 3.64. The SMILES string of the molecule is CN1CCC(NS(=O)(=O)N2CCOCC2)(/C(N)=N/O)CC1. The van der Waals surface area contributed by atoms with Gasteiger partial charge >= 0.3 is 0 Å². The minimum Gasteiger partial charge on any atom is -0.409 e. The van der Waals surface area contributed by atoms with E-state index in [2.05, 4.69) is 14.8 Å². The van der Waals surface area contributed by atoms with Gasteiger partial charge < -0.3 is 20.6 Å². The number of morpholine rings is 1. The van der Waals surface area contributed by atoms with Crippen LogP contribution in [0.3, 0.4) is 0 Å². The van der Waals surface area contributed by atoms with Crippen LogP contribution >= 0.6 is 0 Å². The molecule has 2 heterocycles. The summed E-state index contributed by atoms with van der Waals surface area (Å²) in [6.07, 6.45) is 0.923. The van der Waals surface area contributed by atoms with Gasteiger partial charge in [0, 0.05) is 26.2 Å². The van der Waals surface area contributed by atoms with Crippen LogP contribution in [-0.4, -0.2) is 80.6 Å². The minimum absolute atomic E-state index is 0.0903. The number of amidine groups is 1. The minimum atomic E-state index is -3.70. The summed E-state index contributed by atoms with van der Waals surface area (Å²) in [5.74, 6) is -0.0903. The van der Waals surface area contributed by atoms with Crippen LogP contribution in [0.25, 0.3) is 0 Å². The third-order valence-electron chi connectivity index (χ3n) is 4.07. The Balaban J connectivity index is 2.18. The Hall–Kier alpha value is -0.940. The highest BCUT2D eigenvalue weighted by Crippen LogP contribution is 2.24. The molecular weight excluding hydrogens is 298 g/mol. The molecule has 0 radical (unpaired) electrons. The molecule has 0 spiro atoms. The first-order valence-electron chi connectivity index (χ1n) is 6.93. The van der Waals surface area contributed by atoms with E-state index in [1.54, 1.807) is 0 Å². The summed E-state index contributed by atoms with van der Waals surface area (Å²) in [4.78, 5) is 2.08. The molecule has 9 nitrogen and oxygen atoms in total. The molecule has 2 saturated heterocycles. The number of nitrogens with one attached hydrogen (secondary N) is 1. The smallest absolute Gasteiger partial charge is 0.280 e. The topological polar surface area (TPSA) is 120 Å². The fourth-order valence-corrected chi connectivity index (χ4v) is 4.17. The standard InChI is InChI=1S/C11H23N5O4S/c1-15-4-2-11(3-5-15,10(12)13-17)14-21(18,19)16-6-8-20-9-7-16/h14,17H,2-9H2,1H3,(H2,12,13). The fraction of sp³-hybridized carbons (Fsp3) is 0.909. The van der Waals surface area contributed by atoms with E-state index in [9.17, 15) is 8.42 Å². The van der Waals surface area contributed by atoms with Crippen LogP contribution in [0.15, 0.2) is 5.16 Å². The number of piperidine rings is 1. The Morgan fingerprint density at radius 1 is 1.29 bits per heavy atom. The first-order chi connectivity index (χ1) is 9.89. The second-order valence-electron chi connectivity index (χ2n) is 5.49. The zero-order valence-corrected chi connectivity index (χ0v) is 13.0. The number of nitrogens with zero attached hydrogens (tertiary/aromatic N) is 3. The van der Waals surface area contributed by atoms with Gasteiger partial charge in [-0.05, 0) is 19.9 Å². The summed E-state index contributed by atoms with van der Waals surface area (Å²) >= 11 is 0. The normalized spacial score (nSPS) is 25.9. The molecule has 122 valence electrons. The van der Waals surface area contributed by atoms with E-state index in [-0.39, 0.29) is 5.84 Å². The molecule has 0 aromatic rings. The molecule has 10 heteroatoms. The van der Waals surface area contributed by atoms with Crippen LogP contribution in [-0.2, 0) is 14.9 Å². The molecule has 2 aliphatic heterocycles. The third-order valence-corrected chi connectivity index (χ3v) is 5.77. The van der Waals surface area contributed by atoms with Crippen LogP contribution in [0, 0.1) is 0 Å². The average molecular weight is 321 g/mol. The Kier molecular flexibility index (Phi) is 5.04. The maximum absolute atomic E-state index is 12.5. The van der Waals surface area contributed by atoms with Crippen molar-refractivity contribution < 1.29 is 18.4 Å². The van der Waals surface area contributed by atoms with Crippen molar-refractivity contribution in [3.63, 3.8) is 0 Å². The maximum Gasteiger partial charge on any atom is 0.280 e. The van der Waals surface area contributed by atoms with Crippen LogP contribution < -0.4 is 10.5 Å². The highest BCUT2D eigenvalue weighted by atomic mass is 32.2. The largest absolute Gasteiger partial charge is 0.409 e. The molecule has 0 bridgehead atoms. The van der Waals surface area contributed by atoms with Gasteiger partial charge in [0.25, 0.3) is 10.2 Å². The predicted molar refractivity (Wildman–Crippen MR) is 77.3 cm³/mol. The first kappa shape index (κ1) is 16.4. The monoisotopic (exact) mass is 321 g/mol. The molecule has 0 unspecified atom stereocenters. The molecule has 0 aromatic heterocycles. The van der Waals surface area contributed by atoms with Crippen molar-refractivity contribution in [3.8, 4) is 0 Å². The van der Waals surface area contributed by atoms with Gasteiger partial charge in [-0.1, -0.05) is 5.16 Å². The van der Waals surface area contributed by atoms with Gasteiger partial charge in [0.1, 0.15) is 0 Å². The van der Waals surface area contributed by atoms with Gasteiger partial charge in [0.15, 0.2) is 5.84 Å². The second kappa shape index (κ2) is 6.44. The lowest BCUT2D eigenvalue weighted by Crippen LogP contribution is -2.64. The molecule has 0 amide bonds. The quantitative estimate of drug-likeness (QED) is 0.247. The van der Waals surface area contributed by atoms with Crippen LogP contribution in [0.2, 0.25) is 0 Å². The number of hydrogen-bond donors (Lipinski definition) is 3. The molecule has 4 N–H and O–H groups in total. The Morgan fingerprint density at radius 3 is 2.38 bits per heavy atom. The van der Waals surface area contributed by atoms with Crippen LogP contribution in [0.1, 0.15) is 12.8 Å². The van der Waals surface area contributed by atoms with Gasteiger partial charge in [-0.25, -0.2) is 0 Å². The number of hydrogen-bond acceptors (Lipinski definition) is 6. The van der Waals surface area contributed by atoms with E-state index >= 15 is 0 Å². The van der Waals surface area contributed by atoms with Gasteiger partial charge in [-0.2, -0.15) is 17.4 Å². The summed E-state index contributed by atoms with van der Waals surface area (Å²) in [6, 6.07) is 0.